The molecule has 0 aliphatic heterocycles. The summed E-state index contributed by atoms with van der Waals surface area (Å²) in [5.41, 5.74) is 0.919. The molecule has 3 rings (SSSR count). The molecule has 10 nitrogen and oxygen atoms in total. The van der Waals surface area contributed by atoms with Crippen molar-refractivity contribution in [1.82, 2.24) is 4.98 Å². The van der Waals surface area contributed by atoms with Crippen molar-refractivity contribution in [3.05, 3.63) is 59.2 Å². The van der Waals surface area contributed by atoms with Crippen LogP contribution in [0.15, 0.2) is 48.7 Å². The lowest BCUT2D eigenvalue weighted by Gasteiger charge is -2.20. The van der Waals surface area contributed by atoms with Crippen LogP contribution in [-0.4, -0.2) is 49.1 Å². The highest BCUT2D eigenvalue weighted by molar-refractivity contribution is 6.32. The number of carbonyl (C=O) groups excluding carboxylic acids is 2. The zero-order valence-electron chi connectivity index (χ0n) is 20.0. The number of carbonyl (C=O) groups is 3. The number of carboxylic acids is 1. The van der Waals surface area contributed by atoms with E-state index in [9.17, 15) is 19.5 Å². The van der Waals surface area contributed by atoms with Gasteiger partial charge < -0.3 is 24.6 Å². The summed E-state index contributed by atoms with van der Waals surface area (Å²) in [7, 11) is 2.60. The molecule has 1 heterocycles. The number of anilines is 2. The van der Waals surface area contributed by atoms with Crippen LogP contribution < -0.4 is 15.0 Å². The molecule has 2 aromatic carbocycles. The largest absolute Gasteiger partial charge is 0.495 e. The molecule has 11 heteroatoms. The second-order valence-corrected chi connectivity index (χ2v) is 8.06. The lowest BCUT2D eigenvalue weighted by atomic mass is 10.1. The fraction of sp³-hybridized carbons (Fsp3) is 0.280. The van der Waals surface area contributed by atoms with Crippen LogP contribution in [0, 0.1) is 0 Å². The van der Waals surface area contributed by atoms with Crippen LogP contribution in [0.5, 0.6) is 5.75 Å². The molecule has 1 aromatic heterocycles. The number of pyridine rings is 1. The fourth-order valence-electron chi connectivity index (χ4n) is 3.45. The van der Waals surface area contributed by atoms with Gasteiger partial charge in [-0.2, -0.15) is 4.90 Å². The number of hydrogen-bond donors (Lipinski definition) is 2. The van der Waals surface area contributed by atoms with E-state index in [2.05, 4.69) is 10.3 Å². The Morgan fingerprint density at radius 3 is 2.56 bits per heavy atom. The van der Waals surface area contributed by atoms with Gasteiger partial charge in [0.1, 0.15) is 5.75 Å². The van der Waals surface area contributed by atoms with Gasteiger partial charge in [0.05, 0.1) is 25.8 Å². The summed E-state index contributed by atoms with van der Waals surface area (Å²) in [6.45, 7) is 2.09. The van der Waals surface area contributed by atoms with E-state index >= 15 is 0 Å². The number of methoxy groups -OCH3 is 2. The third-order valence-electron chi connectivity index (χ3n) is 5.28. The highest BCUT2D eigenvalue weighted by Crippen LogP contribution is 2.32. The van der Waals surface area contributed by atoms with Crippen molar-refractivity contribution >= 4 is 52.0 Å². The van der Waals surface area contributed by atoms with Crippen molar-refractivity contribution in [3.8, 4) is 5.75 Å². The molecule has 36 heavy (non-hydrogen) atoms. The highest BCUT2D eigenvalue weighted by atomic mass is 35.5. The molecular weight excluding hydrogens is 490 g/mol. The van der Waals surface area contributed by atoms with Crippen LogP contribution in [0.1, 0.15) is 31.4 Å². The third kappa shape index (κ3) is 5.95. The van der Waals surface area contributed by atoms with E-state index in [1.807, 2.05) is 6.92 Å². The summed E-state index contributed by atoms with van der Waals surface area (Å²) in [6, 6.07) is 10.2. The number of carboxylic acid groups (broad SMARTS) is 1. The lowest BCUT2D eigenvalue weighted by molar-refractivity contribution is -0.138. The van der Waals surface area contributed by atoms with E-state index in [0.29, 0.717) is 39.2 Å². The predicted molar refractivity (Wildman–Crippen MR) is 135 cm³/mol. The predicted octanol–water partition coefficient (Wildman–Crippen LogP) is 5.64. The van der Waals surface area contributed by atoms with Gasteiger partial charge in [-0.25, -0.2) is 19.4 Å². The number of nitrogens with one attached hydrogen (secondary N) is 1. The lowest BCUT2D eigenvalue weighted by Crippen LogP contribution is -2.38. The van der Waals surface area contributed by atoms with E-state index in [1.54, 1.807) is 42.5 Å². The molecule has 0 saturated heterocycles. The zero-order chi connectivity index (χ0) is 26.2. The van der Waals surface area contributed by atoms with E-state index in [-0.39, 0.29) is 12.4 Å². The van der Waals surface area contributed by atoms with Crippen LogP contribution in [-0.2, 0) is 14.3 Å². The van der Waals surface area contributed by atoms with Crippen LogP contribution in [0.2, 0.25) is 5.02 Å². The molecule has 2 amide bonds. The number of imide groups is 1. The number of fused-ring (bicyclic) bond motifs is 1. The second kappa shape index (κ2) is 12.1. The molecule has 3 aromatic rings. The van der Waals surface area contributed by atoms with Crippen LogP contribution >= 0.6 is 11.6 Å². The number of hydrogen-bond acceptors (Lipinski definition) is 8. The third-order valence-corrected chi connectivity index (χ3v) is 5.60. The molecular formula is C25H26ClN3O7. The average molecular weight is 516 g/mol. The summed E-state index contributed by atoms with van der Waals surface area (Å²) < 4.78 is 15.2. The van der Waals surface area contributed by atoms with Crippen molar-refractivity contribution < 1.29 is 33.7 Å². The number of rotatable bonds is 9. The Morgan fingerprint density at radius 2 is 1.89 bits per heavy atom. The molecule has 0 spiro atoms. The van der Waals surface area contributed by atoms with Crippen molar-refractivity contribution in [2.75, 3.05) is 31.0 Å². The smallest absolute Gasteiger partial charge is 0.425 e. The minimum atomic E-state index is -1.11. The number of unbranched alkanes of at least 4 members (excludes halogenated alkanes) is 1. The summed E-state index contributed by atoms with van der Waals surface area (Å²) in [5.74, 6) is -0.726. The van der Waals surface area contributed by atoms with Crippen LogP contribution in [0.25, 0.3) is 10.8 Å². The monoisotopic (exact) mass is 515 g/mol. The minimum absolute atomic E-state index is 0.0321. The molecule has 0 saturated carbocycles. The molecule has 1 unspecified atom stereocenters. The van der Waals surface area contributed by atoms with Gasteiger partial charge in [-0.3, -0.25) is 0 Å². The maximum Gasteiger partial charge on any atom is 0.425 e. The topological polar surface area (TPSA) is 127 Å². The van der Waals surface area contributed by atoms with Crippen molar-refractivity contribution in [2.45, 2.75) is 25.8 Å². The number of benzene rings is 2. The first-order valence-electron chi connectivity index (χ1n) is 11.1. The first-order chi connectivity index (χ1) is 17.3. The Kier molecular flexibility index (Phi) is 8.91. The molecule has 0 aliphatic carbocycles. The summed E-state index contributed by atoms with van der Waals surface area (Å²) in [5, 5.41) is 14.2. The summed E-state index contributed by atoms with van der Waals surface area (Å²) >= 11 is 6.07. The van der Waals surface area contributed by atoms with E-state index in [1.165, 1.54) is 13.3 Å². The highest BCUT2D eigenvalue weighted by Gasteiger charge is 2.29. The van der Waals surface area contributed by atoms with E-state index in [0.717, 1.165) is 18.4 Å². The SMILES string of the molecule is CCCCOC(=O)N(C(=O)OC)c1nccc2cc(NC(C(=O)O)c3ccc(Cl)c(OC)c3)ccc12. The molecule has 0 radical (unpaired) electrons. The first-order valence-corrected chi connectivity index (χ1v) is 11.4. The van der Waals surface area contributed by atoms with E-state index < -0.39 is 24.2 Å². The Labute approximate surface area is 212 Å². The summed E-state index contributed by atoms with van der Waals surface area (Å²) in [6.07, 6.45) is 1.04. The van der Waals surface area contributed by atoms with Crippen molar-refractivity contribution in [3.63, 3.8) is 0 Å². The van der Waals surface area contributed by atoms with Crippen molar-refractivity contribution in [1.29, 1.82) is 0 Å². The van der Waals surface area contributed by atoms with Crippen LogP contribution in [0.3, 0.4) is 0 Å². The van der Waals surface area contributed by atoms with Gasteiger partial charge in [-0.1, -0.05) is 31.0 Å². The molecule has 2 N–H and O–H groups in total. The molecule has 0 fully saturated rings. The molecule has 190 valence electrons. The fourth-order valence-corrected chi connectivity index (χ4v) is 3.64. The maximum absolute atomic E-state index is 12.6. The van der Waals surface area contributed by atoms with Gasteiger partial charge in [0.15, 0.2) is 11.9 Å². The van der Waals surface area contributed by atoms with E-state index in [4.69, 9.17) is 25.8 Å². The normalized spacial score (nSPS) is 11.4. The Bertz CT molecular complexity index is 1270. The van der Waals surface area contributed by atoms with Crippen LogP contribution in [0.4, 0.5) is 21.1 Å². The zero-order valence-corrected chi connectivity index (χ0v) is 20.7. The van der Waals surface area contributed by atoms with Crippen molar-refractivity contribution in [2.24, 2.45) is 0 Å². The summed E-state index contributed by atoms with van der Waals surface area (Å²) in [4.78, 5) is 42.0. The molecule has 0 aliphatic rings. The second-order valence-electron chi connectivity index (χ2n) is 7.65. The number of halogens is 1. The number of amides is 2. The van der Waals surface area contributed by atoms with Gasteiger partial charge in [0, 0.05) is 17.3 Å². The van der Waals surface area contributed by atoms with Gasteiger partial charge in [-0.05, 0) is 53.8 Å². The maximum atomic E-state index is 12.6. The average Bonchev–Trinajstić information content (AvgIpc) is 2.87. The standard InChI is InChI=1S/C25H26ClN3O7/c1-4-5-12-36-25(33)29(24(32)35-3)22-18-8-7-17(13-15(18)10-11-27-22)28-21(23(30)31)16-6-9-19(26)20(14-16)34-2/h6-11,13-14,21,28H,4-5,12H2,1-3H3,(H,30,31). The van der Waals surface area contributed by atoms with Gasteiger partial charge in [0.2, 0.25) is 0 Å². The number of aliphatic carboxylic acids is 1. The number of nitrogens with zero attached hydrogens (tertiary/aromatic N) is 2. The van der Waals surface area contributed by atoms with Gasteiger partial charge in [0.25, 0.3) is 0 Å². The Morgan fingerprint density at radius 1 is 1.11 bits per heavy atom. The van der Waals surface area contributed by atoms with Gasteiger partial charge >= 0.3 is 18.2 Å². The Balaban J connectivity index is 1.96. The molecule has 0 bridgehead atoms. The molecule has 1 atom stereocenters. The number of ether oxygens (including phenoxy) is 3. The minimum Gasteiger partial charge on any atom is -0.495 e. The first kappa shape index (κ1) is 26.6. The van der Waals surface area contributed by atoms with Gasteiger partial charge in [-0.15, -0.1) is 0 Å². The number of aromatic nitrogens is 1. The quantitative estimate of drug-likeness (QED) is 0.348. The Hall–Kier alpha value is -4.05.